The van der Waals surface area contributed by atoms with Crippen molar-refractivity contribution in [2.24, 2.45) is 0 Å². The van der Waals surface area contributed by atoms with Crippen molar-refractivity contribution in [1.82, 2.24) is 0 Å². The first kappa shape index (κ1) is 18.6. The normalized spacial score (nSPS) is 15.9. The summed E-state index contributed by atoms with van der Waals surface area (Å²) in [7, 11) is 0. The van der Waals surface area contributed by atoms with Crippen molar-refractivity contribution < 1.29 is 29.0 Å². The Morgan fingerprint density at radius 3 is 2.35 bits per heavy atom. The van der Waals surface area contributed by atoms with E-state index >= 15 is 0 Å². The van der Waals surface area contributed by atoms with Gasteiger partial charge in [0.15, 0.2) is 5.78 Å². The summed E-state index contributed by atoms with van der Waals surface area (Å²) in [6.07, 6.45) is 0.0148. The molecule has 1 heterocycles. The summed E-state index contributed by atoms with van der Waals surface area (Å²) < 4.78 is 10.6. The van der Waals surface area contributed by atoms with Crippen LogP contribution in [0.2, 0.25) is 0 Å². The molecular weight excluding hydrogens is 398 g/mol. The van der Waals surface area contributed by atoms with E-state index in [1.165, 1.54) is 0 Å². The molecule has 0 radical (unpaired) electrons. The van der Waals surface area contributed by atoms with Crippen molar-refractivity contribution in [3.8, 4) is 11.1 Å². The van der Waals surface area contributed by atoms with Crippen molar-refractivity contribution in [3.63, 3.8) is 0 Å². The number of anilines is 1. The number of ether oxygens (including phenoxy) is 2. The number of aliphatic carboxylic acids is 1. The molecular formula is C24H15NO6. The molecule has 0 spiro atoms. The first-order valence-corrected chi connectivity index (χ1v) is 9.47. The molecule has 0 aromatic heterocycles. The van der Waals surface area contributed by atoms with Gasteiger partial charge < -0.3 is 19.9 Å². The van der Waals surface area contributed by atoms with Gasteiger partial charge in [0.25, 0.3) is 12.2 Å². The van der Waals surface area contributed by atoms with Gasteiger partial charge in [0.05, 0.1) is 16.8 Å². The van der Waals surface area contributed by atoms with E-state index in [-0.39, 0.29) is 17.1 Å². The van der Waals surface area contributed by atoms with Crippen LogP contribution in [0.3, 0.4) is 0 Å². The Balaban J connectivity index is 1.46. The SMILES string of the molecule is O=C(O)C1=COC(c2ccccc2NC(=O)c2cccc3c2C(=O)c2ccccc2-3)O1. The molecule has 1 aliphatic carbocycles. The van der Waals surface area contributed by atoms with Gasteiger partial charge in [-0.25, -0.2) is 4.79 Å². The Bertz CT molecular complexity index is 1290. The fourth-order valence-corrected chi connectivity index (χ4v) is 3.80. The maximum atomic E-state index is 13.2. The predicted octanol–water partition coefficient (Wildman–Crippen LogP) is 4.12. The summed E-state index contributed by atoms with van der Waals surface area (Å²) in [5, 5.41) is 11.9. The molecule has 152 valence electrons. The maximum Gasteiger partial charge on any atom is 0.374 e. The quantitative estimate of drug-likeness (QED) is 0.522. The number of fused-ring (bicyclic) bond motifs is 3. The first-order valence-electron chi connectivity index (χ1n) is 9.47. The van der Waals surface area contributed by atoms with Gasteiger partial charge in [0.1, 0.15) is 6.26 Å². The Morgan fingerprint density at radius 1 is 0.871 bits per heavy atom. The fourth-order valence-electron chi connectivity index (χ4n) is 3.80. The number of amides is 1. The molecule has 7 nitrogen and oxygen atoms in total. The average Bonchev–Trinajstić information content (AvgIpc) is 3.39. The fraction of sp³-hybridized carbons (Fsp3) is 0.0417. The van der Waals surface area contributed by atoms with Crippen molar-refractivity contribution in [1.29, 1.82) is 0 Å². The zero-order valence-corrected chi connectivity index (χ0v) is 16.0. The van der Waals surface area contributed by atoms with Crippen molar-refractivity contribution in [2.75, 3.05) is 5.32 Å². The average molecular weight is 413 g/mol. The molecule has 31 heavy (non-hydrogen) atoms. The molecule has 0 fully saturated rings. The second-order valence-corrected chi connectivity index (χ2v) is 7.02. The molecule has 7 heteroatoms. The lowest BCUT2D eigenvalue weighted by Gasteiger charge is -2.16. The second-order valence-electron chi connectivity index (χ2n) is 7.02. The van der Waals surface area contributed by atoms with Gasteiger partial charge in [-0.1, -0.05) is 48.5 Å². The highest BCUT2D eigenvalue weighted by Gasteiger charge is 2.32. The number of hydrogen-bond acceptors (Lipinski definition) is 5. The number of carbonyl (C=O) groups excluding carboxylic acids is 2. The van der Waals surface area contributed by atoms with Crippen LogP contribution in [0.25, 0.3) is 11.1 Å². The highest BCUT2D eigenvalue weighted by molar-refractivity contribution is 6.26. The minimum absolute atomic E-state index is 0.192. The van der Waals surface area contributed by atoms with Crippen LogP contribution in [-0.2, 0) is 14.3 Å². The lowest BCUT2D eigenvalue weighted by Crippen LogP contribution is -2.17. The number of carboxylic acids is 1. The number of rotatable bonds is 4. The number of nitrogens with one attached hydrogen (secondary N) is 1. The van der Waals surface area contributed by atoms with E-state index in [4.69, 9.17) is 14.6 Å². The highest BCUT2D eigenvalue weighted by atomic mass is 16.7. The Kier molecular flexibility index (Phi) is 4.29. The van der Waals surface area contributed by atoms with Crippen LogP contribution in [-0.4, -0.2) is 22.8 Å². The van der Waals surface area contributed by atoms with Crippen LogP contribution in [0.4, 0.5) is 5.69 Å². The Hall–Kier alpha value is -4.39. The van der Waals surface area contributed by atoms with Gasteiger partial charge in [0.2, 0.25) is 5.76 Å². The molecule has 1 atom stereocenters. The number of benzene rings is 3. The summed E-state index contributed by atoms with van der Waals surface area (Å²) in [6, 6.07) is 19.2. The number of carboxylic acid groups (broad SMARTS) is 1. The first-order chi connectivity index (χ1) is 15.0. The summed E-state index contributed by atoms with van der Waals surface area (Å²) in [4.78, 5) is 37.2. The van der Waals surface area contributed by atoms with Gasteiger partial charge in [-0.2, -0.15) is 0 Å². The monoisotopic (exact) mass is 413 g/mol. The lowest BCUT2D eigenvalue weighted by molar-refractivity contribution is -0.139. The van der Waals surface area contributed by atoms with Crippen LogP contribution in [0, 0.1) is 0 Å². The van der Waals surface area contributed by atoms with Crippen LogP contribution in [0.1, 0.15) is 38.1 Å². The topological polar surface area (TPSA) is 102 Å². The van der Waals surface area contributed by atoms with Crippen molar-refractivity contribution >= 4 is 23.3 Å². The number of ketones is 1. The van der Waals surface area contributed by atoms with E-state index < -0.39 is 18.2 Å². The van der Waals surface area contributed by atoms with E-state index in [1.54, 1.807) is 48.5 Å². The smallest absolute Gasteiger partial charge is 0.374 e. The van der Waals surface area contributed by atoms with Crippen molar-refractivity contribution in [2.45, 2.75) is 6.29 Å². The van der Waals surface area contributed by atoms with Gasteiger partial charge in [-0.3, -0.25) is 9.59 Å². The molecule has 2 N–H and O–H groups in total. The third-order valence-electron chi connectivity index (χ3n) is 5.20. The van der Waals surface area contributed by atoms with Gasteiger partial charge >= 0.3 is 5.97 Å². The third kappa shape index (κ3) is 3.03. The van der Waals surface area contributed by atoms with Crippen molar-refractivity contribution in [3.05, 3.63) is 101 Å². The van der Waals surface area contributed by atoms with Crippen LogP contribution >= 0.6 is 0 Å². The molecule has 5 rings (SSSR count). The molecule has 0 bridgehead atoms. The standard InChI is InChI=1S/C24H15NO6/c26-21-15-7-2-1-6-13(15)14-9-5-10-17(20(14)21)22(27)25-18-11-4-3-8-16(18)24-30-12-19(31-24)23(28)29/h1-12,24H,(H,25,27)(H,28,29). The van der Waals surface area contributed by atoms with Gasteiger partial charge in [0, 0.05) is 11.1 Å². The number of hydrogen-bond donors (Lipinski definition) is 2. The summed E-state index contributed by atoms with van der Waals surface area (Å²) in [5.74, 6) is -2.23. The molecule has 1 amide bonds. The number of para-hydroxylation sites is 1. The minimum Gasteiger partial charge on any atom is -0.475 e. The molecule has 3 aromatic rings. The molecule has 3 aromatic carbocycles. The molecule has 1 aliphatic heterocycles. The highest BCUT2D eigenvalue weighted by Crippen LogP contribution is 2.39. The zero-order chi connectivity index (χ0) is 21.5. The van der Waals surface area contributed by atoms with E-state index in [0.717, 1.165) is 17.4 Å². The van der Waals surface area contributed by atoms with Crippen LogP contribution in [0.5, 0.6) is 0 Å². The van der Waals surface area contributed by atoms with E-state index in [9.17, 15) is 14.4 Å². The lowest BCUT2D eigenvalue weighted by atomic mass is 10.00. The van der Waals surface area contributed by atoms with Crippen LogP contribution < -0.4 is 5.32 Å². The van der Waals surface area contributed by atoms with Gasteiger partial charge in [-0.05, 0) is 29.3 Å². The van der Waals surface area contributed by atoms with Crippen LogP contribution in [0.15, 0.2) is 78.8 Å². The summed E-state index contributed by atoms with van der Waals surface area (Å²) in [5.41, 5.74) is 3.55. The largest absolute Gasteiger partial charge is 0.475 e. The Morgan fingerprint density at radius 2 is 1.58 bits per heavy atom. The minimum atomic E-state index is -1.25. The van der Waals surface area contributed by atoms with E-state index in [1.807, 2.05) is 18.2 Å². The predicted molar refractivity (Wildman–Crippen MR) is 110 cm³/mol. The molecule has 0 saturated carbocycles. The second kappa shape index (κ2) is 7.14. The molecule has 1 unspecified atom stereocenters. The Labute approximate surface area is 176 Å². The zero-order valence-electron chi connectivity index (χ0n) is 16.0. The number of carbonyl (C=O) groups is 3. The van der Waals surface area contributed by atoms with E-state index in [0.29, 0.717) is 22.4 Å². The summed E-state index contributed by atoms with van der Waals surface area (Å²) >= 11 is 0. The third-order valence-corrected chi connectivity index (χ3v) is 5.20. The summed E-state index contributed by atoms with van der Waals surface area (Å²) in [6.45, 7) is 0. The van der Waals surface area contributed by atoms with Gasteiger partial charge in [-0.15, -0.1) is 0 Å². The van der Waals surface area contributed by atoms with E-state index in [2.05, 4.69) is 5.32 Å². The maximum absolute atomic E-state index is 13.2. The molecule has 0 saturated heterocycles. The molecule has 2 aliphatic rings.